The van der Waals surface area contributed by atoms with E-state index in [2.05, 4.69) is 15.0 Å². The second kappa shape index (κ2) is 6.16. The summed E-state index contributed by atoms with van der Waals surface area (Å²) in [7, 11) is 1.28. The summed E-state index contributed by atoms with van der Waals surface area (Å²) >= 11 is 0. The van der Waals surface area contributed by atoms with E-state index in [1.807, 2.05) is 0 Å². The maximum absolute atomic E-state index is 10.9. The van der Waals surface area contributed by atoms with E-state index in [1.54, 1.807) is 24.4 Å². The molecule has 1 aromatic heterocycles. The van der Waals surface area contributed by atoms with Crippen molar-refractivity contribution in [3.8, 4) is 0 Å². The van der Waals surface area contributed by atoms with Crippen LogP contribution < -0.4 is 5.32 Å². The minimum Gasteiger partial charge on any atom is -0.480 e. The van der Waals surface area contributed by atoms with Gasteiger partial charge in [0.2, 0.25) is 6.41 Å². The van der Waals surface area contributed by atoms with Gasteiger partial charge >= 0.3 is 5.97 Å². The molecule has 0 saturated heterocycles. The average molecular weight is 226 g/mol. The summed E-state index contributed by atoms with van der Waals surface area (Å²) in [5.41, 5.74) is 0.630. The molecule has 0 spiro atoms. The van der Waals surface area contributed by atoms with E-state index in [1.165, 1.54) is 7.11 Å². The number of nitrogens with zero attached hydrogens (tertiary/aromatic N) is 1. The largest absolute Gasteiger partial charge is 0.480 e. The lowest BCUT2D eigenvalue weighted by Crippen LogP contribution is -2.45. The van der Waals surface area contributed by atoms with Crippen molar-refractivity contribution in [3.05, 3.63) is 30.1 Å². The summed E-state index contributed by atoms with van der Waals surface area (Å²) < 4.78 is 4.53. The van der Waals surface area contributed by atoms with E-state index in [4.69, 9.17) is 10.2 Å². The number of aromatic nitrogens is 1. The quantitative estimate of drug-likeness (QED) is 0.571. The number of aliphatic carboxylic acids is 1. The smallest absolute Gasteiger partial charge is 0.321 e. The molecule has 2 atom stereocenters. The number of rotatable bonds is 6. The van der Waals surface area contributed by atoms with Crippen LogP contribution in [0.15, 0.2) is 24.4 Å². The lowest BCUT2D eigenvalue weighted by molar-refractivity contribution is -0.147. The fraction of sp³-hybridized carbons (Fsp3) is 0.400. The number of carboxylic acid groups (broad SMARTS) is 1. The number of ether oxygens (including phenoxy) is 1. The predicted molar refractivity (Wildman–Crippen MR) is 55.5 cm³/mol. The molecule has 1 aromatic rings. The average Bonchev–Trinajstić information content (AvgIpc) is 2.29. The standard InChI is InChI=1S/C10H14N2O4/c1-16-10(15)12-8(9(13)14)6-7-4-2-3-5-11-7/h2-5,8,10,12,15H,6H2,1H3,(H,13,14)/t8-,10?/m0/s1. The first kappa shape index (κ1) is 12.6. The lowest BCUT2D eigenvalue weighted by atomic mass is 10.1. The van der Waals surface area contributed by atoms with Gasteiger partial charge in [-0.25, -0.2) is 0 Å². The van der Waals surface area contributed by atoms with Crippen LogP contribution in [0.25, 0.3) is 0 Å². The Balaban J connectivity index is 2.62. The second-order valence-electron chi connectivity index (χ2n) is 3.17. The Bertz CT molecular complexity index is 331. The number of nitrogens with one attached hydrogen (secondary N) is 1. The Kier molecular flexibility index (Phi) is 4.84. The van der Waals surface area contributed by atoms with Gasteiger partial charge in [0.25, 0.3) is 0 Å². The van der Waals surface area contributed by atoms with Crippen molar-refractivity contribution in [1.29, 1.82) is 0 Å². The van der Waals surface area contributed by atoms with E-state index in [0.29, 0.717) is 5.69 Å². The maximum Gasteiger partial charge on any atom is 0.321 e. The molecule has 6 nitrogen and oxygen atoms in total. The highest BCUT2D eigenvalue weighted by Gasteiger charge is 2.20. The molecule has 0 saturated carbocycles. The van der Waals surface area contributed by atoms with Gasteiger partial charge in [-0.2, -0.15) is 0 Å². The highest BCUT2D eigenvalue weighted by molar-refractivity contribution is 5.73. The van der Waals surface area contributed by atoms with Gasteiger partial charge in [-0.05, 0) is 12.1 Å². The second-order valence-corrected chi connectivity index (χ2v) is 3.17. The van der Waals surface area contributed by atoms with Crippen LogP contribution in [0, 0.1) is 0 Å². The fourth-order valence-electron chi connectivity index (χ4n) is 1.19. The first-order valence-corrected chi connectivity index (χ1v) is 4.73. The normalized spacial score (nSPS) is 14.4. The van der Waals surface area contributed by atoms with E-state index in [-0.39, 0.29) is 6.42 Å². The topological polar surface area (TPSA) is 91.7 Å². The molecular formula is C10H14N2O4. The lowest BCUT2D eigenvalue weighted by Gasteiger charge is -2.17. The minimum atomic E-state index is -1.30. The number of carbonyl (C=O) groups is 1. The monoisotopic (exact) mass is 226 g/mol. The fourth-order valence-corrected chi connectivity index (χ4v) is 1.19. The van der Waals surface area contributed by atoms with Gasteiger partial charge in [0.1, 0.15) is 6.04 Å². The molecule has 0 aliphatic carbocycles. The van der Waals surface area contributed by atoms with Crippen molar-refractivity contribution in [2.75, 3.05) is 7.11 Å². The van der Waals surface area contributed by atoms with Gasteiger partial charge < -0.3 is 14.9 Å². The Morgan fingerprint density at radius 2 is 2.38 bits per heavy atom. The SMILES string of the molecule is COC(O)N[C@@H](Cc1ccccn1)C(=O)O. The first-order chi connectivity index (χ1) is 7.63. The summed E-state index contributed by atoms with van der Waals surface area (Å²) in [5.74, 6) is -1.07. The zero-order valence-electron chi connectivity index (χ0n) is 8.83. The molecule has 0 radical (unpaired) electrons. The van der Waals surface area contributed by atoms with Crippen LogP contribution in [0.1, 0.15) is 5.69 Å². The van der Waals surface area contributed by atoms with Crippen molar-refractivity contribution < 1.29 is 19.7 Å². The predicted octanol–water partition coefficient (Wildman–Crippen LogP) is -0.411. The van der Waals surface area contributed by atoms with Crippen LogP contribution in [0.4, 0.5) is 0 Å². The summed E-state index contributed by atoms with van der Waals surface area (Å²) in [6, 6.07) is 4.30. The molecule has 6 heteroatoms. The van der Waals surface area contributed by atoms with E-state index >= 15 is 0 Å². The number of aliphatic hydroxyl groups is 1. The van der Waals surface area contributed by atoms with Gasteiger partial charge in [-0.3, -0.25) is 15.1 Å². The van der Waals surface area contributed by atoms with Crippen molar-refractivity contribution >= 4 is 5.97 Å². The Morgan fingerprint density at radius 3 is 2.88 bits per heavy atom. The van der Waals surface area contributed by atoms with Gasteiger partial charge in [-0.1, -0.05) is 6.07 Å². The highest BCUT2D eigenvalue weighted by atomic mass is 16.6. The molecule has 16 heavy (non-hydrogen) atoms. The Morgan fingerprint density at radius 1 is 1.62 bits per heavy atom. The number of methoxy groups -OCH3 is 1. The number of pyridine rings is 1. The van der Waals surface area contributed by atoms with Crippen molar-refractivity contribution in [3.63, 3.8) is 0 Å². The van der Waals surface area contributed by atoms with Gasteiger partial charge in [0.05, 0.1) is 0 Å². The number of hydrogen-bond acceptors (Lipinski definition) is 5. The molecule has 88 valence electrons. The number of carboxylic acids is 1. The van der Waals surface area contributed by atoms with Gasteiger partial charge in [0, 0.05) is 25.4 Å². The third-order valence-electron chi connectivity index (χ3n) is 2.00. The third-order valence-corrected chi connectivity index (χ3v) is 2.00. The molecule has 0 fully saturated rings. The van der Waals surface area contributed by atoms with Crippen LogP contribution >= 0.6 is 0 Å². The van der Waals surface area contributed by atoms with Gasteiger partial charge in [-0.15, -0.1) is 0 Å². The zero-order valence-corrected chi connectivity index (χ0v) is 8.83. The molecule has 0 aliphatic heterocycles. The van der Waals surface area contributed by atoms with Crippen molar-refractivity contribution in [2.24, 2.45) is 0 Å². The molecule has 3 N–H and O–H groups in total. The van der Waals surface area contributed by atoms with E-state index < -0.39 is 18.4 Å². The van der Waals surface area contributed by atoms with Crippen LogP contribution in [0.5, 0.6) is 0 Å². The number of hydrogen-bond donors (Lipinski definition) is 3. The summed E-state index contributed by atoms with van der Waals surface area (Å²) in [6.07, 6.45) is 0.460. The molecule has 1 rings (SSSR count). The van der Waals surface area contributed by atoms with E-state index in [9.17, 15) is 4.79 Å². The molecular weight excluding hydrogens is 212 g/mol. The summed E-state index contributed by atoms with van der Waals surface area (Å²) in [6.45, 7) is 0. The van der Waals surface area contributed by atoms with Crippen molar-refractivity contribution in [1.82, 2.24) is 10.3 Å². The molecule has 0 aliphatic rings. The highest BCUT2D eigenvalue weighted by Crippen LogP contribution is 2.00. The van der Waals surface area contributed by atoms with Crippen LogP contribution in [-0.4, -0.2) is 40.7 Å². The zero-order chi connectivity index (χ0) is 12.0. The summed E-state index contributed by atoms with van der Waals surface area (Å²) in [4.78, 5) is 14.9. The summed E-state index contributed by atoms with van der Waals surface area (Å²) in [5, 5.41) is 20.5. The van der Waals surface area contributed by atoms with Gasteiger partial charge in [0.15, 0.2) is 0 Å². The molecule has 1 unspecified atom stereocenters. The Labute approximate surface area is 92.9 Å². The molecule has 0 bridgehead atoms. The molecule has 1 heterocycles. The maximum atomic E-state index is 10.9. The van der Waals surface area contributed by atoms with Crippen LogP contribution in [-0.2, 0) is 16.0 Å². The first-order valence-electron chi connectivity index (χ1n) is 4.73. The molecule has 0 aromatic carbocycles. The van der Waals surface area contributed by atoms with E-state index in [0.717, 1.165) is 0 Å². The minimum absolute atomic E-state index is 0.177. The van der Waals surface area contributed by atoms with Crippen molar-refractivity contribution in [2.45, 2.75) is 18.9 Å². The van der Waals surface area contributed by atoms with Crippen LogP contribution in [0.3, 0.4) is 0 Å². The third kappa shape index (κ3) is 3.93. The number of aliphatic hydroxyl groups excluding tert-OH is 1. The molecule has 0 amide bonds. The van der Waals surface area contributed by atoms with Crippen LogP contribution in [0.2, 0.25) is 0 Å². The Hall–Kier alpha value is -1.50.